The van der Waals surface area contributed by atoms with Gasteiger partial charge in [0, 0.05) is 0 Å². The second-order valence-electron chi connectivity index (χ2n) is 4.01. The lowest BCUT2D eigenvalue weighted by Crippen LogP contribution is -1.92. The molecule has 0 saturated heterocycles. The monoisotopic (exact) mass is 212 g/mol. The Bertz CT molecular complexity index is 486. The fourth-order valence-corrected chi connectivity index (χ4v) is 1.95. The quantitative estimate of drug-likeness (QED) is 0.731. The van der Waals surface area contributed by atoms with Gasteiger partial charge in [-0.1, -0.05) is 36.4 Å². The van der Waals surface area contributed by atoms with Gasteiger partial charge in [-0.3, -0.25) is 0 Å². The molecule has 0 N–H and O–H groups in total. The van der Waals surface area contributed by atoms with Gasteiger partial charge in [0.25, 0.3) is 0 Å². The normalized spacial score (nSPS) is 10.2. The maximum Gasteiger partial charge on any atom is 0.122 e. The maximum atomic E-state index is 5.39. The molecule has 2 aromatic rings. The average Bonchev–Trinajstić information content (AvgIpc) is 2.33. The third-order valence-electron chi connectivity index (χ3n) is 2.81. The van der Waals surface area contributed by atoms with Crippen LogP contribution in [0.5, 0.6) is 5.75 Å². The standard InChI is InChI=1S/C15H16O/c1-11-9-14(12(2)15(10-11)16-3)13-7-5-4-6-8-13/h4-10H,1-3H3. The highest BCUT2D eigenvalue weighted by molar-refractivity contribution is 5.70. The summed E-state index contributed by atoms with van der Waals surface area (Å²) in [5.74, 6) is 0.957. The minimum Gasteiger partial charge on any atom is -0.496 e. The summed E-state index contributed by atoms with van der Waals surface area (Å²) in [7, 11) is 1.72. The van der Waals surface area contributed by atoms with Crippen LogP contribution in [-0.2, 0) is 0 Å². The van der Waals surface area contributed by atoms with Crippen LogP contribution in [0.2, 0.25) is 0 Å². The first-order chi connectivity index (χ1) is 7.72. The summed E-state index contributed by atoms with van der Waals surface area (Å²) in [4.78, 5) is 0. The number of methoxy groups -OCH3 is 1. The Morgan fingerprint density at radius 1 is 0.938 bits per heavy atom. The highest BCUT2D eigenvalue weighted by atomic mass is 16.5. The Kier molecular flexibility index (Phi) is 2.95. The zero-order valence-electron chi connectivity index (χ0n) is 9.95. The predicted octanol–water partition coefficient (Wildman–Crippen LogP) is 3.98. The topological polar surface area (TPSA) is 9.23 Å². The van der Waals surface area contributed by atoms with E-state index in [4.69, 9.17) is 4.74 Å². The van der Waals surface area contributed by atoms with Crippen molar-refractivity contribution in [1.29, 1.82) is 0 Å². The van der Waals surface area contributed by atoms with Crippen molar-refractivity contribution >= 4 is 0 Å². The molecule has 0 unspecified atom stereocenters. The first-order valence-corrected chi connectivity index (χ1v) is 5.43. The van der Waals surface area contributed by atoms with Crippen molar-refractivity contribution in [3.8, 4) is 16.9 Å². The summed E-state index contributed by atoms with van der Waals surface area (Å²) in [5, 5.41) is 0. The Labute approximate surface area is 96.7 Å². The number of ether oxygens (including phenoxy) is 1. The molecule has 0 bridgehead atoms. The van der Waals surface area contributed by atoms with Crippen LogP contribution >= 0.6 is 0 Å². The first kappa shape index (κ1) is 10.7. The highest BCUT2D eigenvalue weighted by Crippen LogP contribution is 2.31. The summed E-state index contributed by atoms with van der Waals surface area (Å²) >= 11 is 0. The van der Waals surface area contributed by atoms with Gasteiger partial charge in [-0.15, -0.1) is 0 Å². The minimum absolute atomic E-state index is 0.957. The van der Waals surface area contributed by atoms with Crippen LogP contribution in [0.15, 0.2) is 42.5 Å². The van der Waals surface area contributed by atoms with Gasteiger partial charge in [-0.05, 0) is 42.2 Å². The van der Waals surface area contributed by atoms with E-state index >= 15 is 0 Å². The Balaban J connectivity index is 2.61. The van der Waals surface area contributed by atoms with E-state index in [0.717, 1.165) is 5.75 Å². The molecule has 0 amide bonds. The fourth-order valence-electron chi connectivity index (χ4n) is 1.95. The zero-order valence-corrected chi connectivity index (χ0v) is 9.95. The van der Waals surface area contributed by atoms with Gasteiger partial charge >= 0.3 is 0 Å². The van der Waals surface area contributed by atoms with Crippen molar-refractivity contribution in [3.05, 3.63) is 53.6 Å². The molecular weight excluding hydrogens is 196 g/mol. The van der Waals surface area contributed by atoms with Gasteiger partial charge in [0.2, 0.25) is 0 Å². The fraction of sp³-hybridized carbons (Fsp3) is 0.200. The molecule has 0 aliphatic rings. The van der Waals surface area contributed by atoms with E-state index in [9.17, 15) is 0 Å². The lowest BCUT2D eigenvalue weighted by Gasteiger charge is -2.12. The molecule has 1 heteroatoms. The highest BCUT2D eigenvalue weighted by Gasteiger charge is 2.07. The third kappa shape index (κ3) is 1.94. The van der Waals surface area contributed by atoms with E-state index < -0.39 is 0 Å². The Hall–Kier alpha value is -1.76. The van der Waals surface area contributed by atoms with E-state index in [-0.39, 0.29) is 0 Å². The molecule has 0 aromatic heterocycles. The Morgan fingerprint density at radius 2 is 1.62 bits per heavy atom. The third-order valence-corrected chi connectivity index (χ3v) is 2.81. The largest absolute Gasteiger partial charge is 0.496 e. The molecule has 1 nitrogen and oxygen atoms in total. The molecule has 0 radical (unpaired) electrons. The van der Waals surface area contributed by atoms with Gasteiger partial charge in [-0.25, -0.2) is 0 Å². The molecule has 16 heavy (non-hydrogen) atoms. The van der Waals surface area contributed by atoms with E-state index in [0.29, 0.717) is 0 Å². The molecular formula is C15H16O. The second-order valence-corrected chi connectivity index (χ2v) is 4.01. The van der Waals surface area contributed by atoms with Crippen molar-refractivity contribution in [3.63, 3.8) is 0 Å². The second kappa shape index (κ2) is 4.40. The summed E-state index contributed by atoms with van der Waals surface area (Å²) in [6, 6.07) is 14.7. The van der Waals surface area contributed by atoms with E-state index in [1.54, 1.807) is 7.11 Å². The molecule has 0 fully saturated rings. The molecule has 0 aliphatic carbocycles. The first-order valence-electron chi connectivity index (χ1n) is 5.43. The van der Waals surface area contributed by atoms with E-state index in [1.165, 1.54) is 22.3 Å². The minimum atomic E-state index is 0.957. The molecule has 82 valence electrons. The van der Waals surface area contributed by atoms with Gasteiger partial charge in [0.05, 0.1) is 7.11 Å². The van der Waals surface area contributed by atoms with Crippen LogP contribution in [0, 0.1) is 13.8 Å². The molecule has 0 atom stereocenters. The summed E-state index contributed by atoms with van der Waals surface area (Å²) in [6.07, 6.45) is 0. The molecule has 2 rings (SSSR count). The zero-order chi connectivity index (χ0) is 11.5. The molecule has 0 heterocycles. The van der Waals surface area contributed by atoms with Crippen molar-refractivity contribution < 1.29 is 4.74 Å². The van der Waals surface area contributed by atoms with Crippen molar-refractivity contribution in [1.82, 2.24) is 0 Å². The van der Waals surface area contributed by atoms with Crippen molar-refractivity contribution in [2.24, 2.45) is 0 Å². The van der Waals surface area contributed by atoms with Crippen LogP contribution in [0.25, 0.3) is 11.1 Å². The van der Waals surface area contributed by atoms with Crippen molar-refractivity contribution in [2.75, 3.05) is 7.11 Å². The van der Waals surface area contributed by atoms with Crippen LogP contribution in [0.3, 0.4) is 0 Å². The van der Waals surface area contributed by atoms with Gasteiger partial charge in [-0.2, -0.15) is 0 Å². The van der Waals surface area contributed by atoms with Crippen LogP contribution in [-0.4, -0.2) is 7.11 Å². The van der Waals surface area contributed by atoms with Crippen LogP contribution < -0.4 is 4.74 Å². The van der Waals surface area contributed by atoms with Crippen LogP contribution in [0.4, 0.5) is 0 Å². The van der Waals surface area contributed by atoms with E-state index in [2.05, 4.69) is 50.2 Å². The maximum absolute atomic E-state index is 5.39. The van der Waals surface area contributed by atoms with Crippen LogP contribution in [0.1, 0.15) is 11.1 Å². The lowest BCUT2D eigenvalue weighted by molar-refractivity contribution is 0.411. The molecule has 0 saturated carbocycles. The average molecular weight is 212 g/mol. The van der Waals surface area contributed by atoms with Gasteiger partial charge < -0.3 is 4.74 Å². The predicted molar refractivity (Wildman–Crippen MR) is 67.9 cm³/mol. The Morgan fingerprint density at radius 3 is 2.25 bits per heavy atom. The molecule has 0 spiro atoms. The lowest BCUT2D eigenvalue weighted by atomic mass is 9.98. The summed E-state index contributed by atoms with van der Waals surface area (Å²) in [6.45, 7) is 4.19. The van der Waals surface area contributed by atoms with Gasteiger partial charge in [0.1, 0.15) is 5.75 Å². The summed E-state index contributed by atoms with van der Waals surface area (Å²) in [5.41, 5.74) is 4.90. The number of hydrogen-bond donors (Lipinski definition) is 0. The molecule has 0 aliphatic heterocycles. The van der Waals surface area contributed by atoms with Crippen molar-refractivity contribution in [2.45, 2.75) is 13.8 Å². The van der Waals surface area contributed by atoms with E-state index in [1.807, 2.05) is 6.07 Å². The smallest absolute Gasteiger partial charge is 0.122 e. The van der Waals surface area contributed by atoms with Gasteiger partial charge in [0.15, 0.2) is 0 Å². The number of aryl methyl sites for hydroxylation is 1. The number of hydrogen-bond acceptors (Lipinski definition) is 1. The summed E-state index contributed by atoms with van der Waals surface area (Å²) < 4.78 is 5.39. The number of rotatable bonds is 2. The molecule has 2 aromatic carbocycles. The number of benzene rings is 2. The SMILES string of the molecule is COc1cc(C)cc(-c2ccccc2)c1C.